The van der Waals surface area contributed by atoms with Crippen molar-refractivity contribution in [3.8, 4) is 5.75 Å². The van der Waals surface area contributed by atoms with Crippen LogP contribution in [0.4, 0.5) is 11.4 Å². The Kier molecular flexibility index (Phi) is 5.95. The number of carbonyl (C=O) groups is 1. The van der Waals surface area contributed by atoms with E-state index in [1.165, 1.54) is 12.1 Å². The highest BCUT2D eigenvalue weighted by Gasteiger charge is 2.22. The number of nitro groups is 1. The zero-order chi connectivity index (χ0) is 19.4. The van der Waals surface area contributed by atoms with Gasteiger partial charge in [-0.3, -0.25) is 14.9 Å². The fraction of sp³-hybridized carbons (Fsp3) is 0.316. The third-order valence-corrected chi connectivity index (χ3v) is 5.22. The van der Waals surface area contributed by atoms with Crippen molar-refractivity contribution >= 4 is 33.2 Å². The smallest absolute Gasteiger partial charge is 0.270 e. The Bertz CT molecular complexity index is 859. The molecule has 27 heavy (non-hydrogen) atoms. The normalized spacial score (nSPS) is 14.6. The van der Waals surface area contributed by atoms with Crippen LogP contribution in [0.3, 0.4) is 0 Å². The maximum Gasteiger partial charge on any atom is 0.270 e. The lowest BCUT2D eigenvalue weighted by Gasteiger charge is -2.24. The number of hydrogen-bond donors (Lipinski definition) is 0. The van der Waals surface area contributed by atoms with Crippen molar-refractivity contribution in [3.05, 3.63) is 62.6 Å². The van der Waals surface area contributed by atoms with E-state index in [9.17, 15) is 14.9 Å². The molecule has 1 fully saturated rings. The summed E-state index contributed by atoms with van der Waals surface area (Å²) in [7, 11) is 1.58. The summed E-state index contributed by atoms with van der Waals surface area (Å²) in [5.74, 6) is 0.644. The maximum atomic E-state index is 12.8. The largest absolute Gasteiger partial charge is 0.497 e. The molecule has 1 amide bonds. The lowest BCUT2D eigenvalue weighted by Crippen LogP contribution is -2.35. The van der Waals surface area contributed by atoms with E-state index in [2.05, 4.69) is 20.8 Å². The number of nitrogens with zero attached hydrogens (tertiary/aromatic N) is 3. The minimum absolute atomic E-state index is 0.0153. The number of amides is 1. The Balaban J connectivity index is 1.72. The van der Waals surface area contributed by atoms with Gasteiger partial charge in [-0.15, -0.1) is 0 Å². The second-order valence-corrected chi connectivity index (χ2v) is 7.11. The molecule has 0 radical (unpaired) electrons. The van der Waals surface area contributed by atoms with Gasteiger partial charge in [0.25, 0.3) is 11.6 Å². The minimum Gasteiger partial charge on any atom is -0.497 e. The van der Waals surface area contributed by atoms with Gasteiger partial charge in [0.1, 0.15) is 5.75 Å². The van der Waals surface area contributed by atoms with Gasteiger partial charge in [-0.25, -0.2) is 0 Å². The van der Waals surface area contributed by atoms with Crippen molar-refractivity contribution in [2.75, 3.05) is 38.2 Å². The number of non-ortho nitro benzene ring substituents is 1. The molecule has 7 nitrogen and oxygen atoms in total. The molecular formula is C19H20BrN3O4. The number of methoxy groups -OCH3 is 1. The molecule has 0 N–H and O–H groups in total. The van der Waals surface area contributed by atoms with Gasteiger partial charge in [-0.2, -0.15) is 0 Å². The predicted octanol–water partition coefficient (Wildman–Crippen LogP) is 3.72. The van der Waals surface area contributed by atoms with E-state index < -0.39 is 4.92 Å². The van der Waals surface area contributed by atoms with Crippen molar-refractivity contribution < 1.29 is 14.5 Å². The van der Waals surface area contributed by atoms with E-state index in [-0.39, 0.29) is 11.6 Å². The molecule has 1 saturated heterocycles. The summed E-state index contributed by atoms with van der Waals surface area (Å²) in [5.41, 5.74) is 1.56. The Hall–Kier alpha value is -2.61. The average Bonchev–Trinajstić information content (AvgIpc) is 2.93. The van der Waals surface area contributed by atoms with Gasteiger partial charge in [0.05, 0.1) is 17.7 Å². The summed E-state index contributed by atoms with van der Waals surface area (Å²) < 4.78 is 5.88. The first-order valence-corrected chi connectivity index (χ1v) is 9.41. The molecule has 142 valence electrons. The Labute approximate surface area is 165 Å². The van der Waals surface area contributed by atoms with Crippen LogP contribution in [0.5, 0.6) is 5.75 Å². The van der Waals surface area contributed by atoms with Crippen LogP contribution in [0.25, 0.3) is 0 Å². The van der Waals surface area contributed by atoms with Gasteiger partial charge in [0.2, 0.25) is 0 Å². The number of halogens is 1. The zero-order valence-electron chi connectivity index (χ0n) is 14.9. The van der Waals surface area contributed by atoms with Crippen LogP contribution in [0.1, 0.15) is 16.8 Å². The average molecular weight is 434 g/mol. The zero-order valence-corrected chi connectivity index (χ0v) is 16.5. The minimum atomic E-state index is -0.411. The quantitative estimate of drug-likeness (QED) is 0.542. The molecular weight excluding hydrogens is 414 g/mol. The summed E-state index contributed by atoms with van der Waals surface area (Å²) in [6, 6.07) is 11.9. The summed E-state index contributed by atoms with van der Waals surface area (Å²) in [6.07, 6.45) is 0.819. The van der Waals surface area contributed by atoms with Crippen molar-refractivity contribution in [2.45, 2.75) is 6.42 Å². The third-order valence-electron chi connectivity index (χ3n) is 4.58. The Morgan fingerprint density at radius 2 is 1.96 bits per heavy atom. The van der Waals surface area contributed by atoms with Gasteiger partial charge in [-0.1, -0.05) is 6.07 Å². The van der Waals surface area contributed by atoms with Crippen molar-refractivity contribution in [1.29, 1.82) is 0 Å². The monoisotopic (exact) mass is 433 g/mol. The lowest BCUT2D eigenvalue weighted by atomic mass is 10.2. The molecule has 0 aliphatic carbocycles. The van der Waals surface area contributed by atoms with Gasteiger partial charge < -0.3 is 14.5 Å². The van der Waals surface area contributed by atoms with Gasteiger partial charge in [0.15, 0.2) is 0 Å². The number of benzene rings is 2. The molecule has 8 heteroatoms. The summed E-state index contributed by atoms with van der Waals surface area (Å²) >= 11 is 3.43. The standard InChI is InChI=1S/C19H20BrN3O4/c1-27-16-5-2-4-14(12-16)19(24)22-9-3-8-21(10-11-22)18-7-6-15(23(25)26)13-17(18)20/h2,4-7,12-13H,3,8-11H2,1H3. The van der Waals surface area contributed by atoms with Crippen LogP contribution in [0, 0.1) is 10.1 Å². The van der Waals surface area contributed by atoms with Crippen LogP contribution in [-0.4, -0.2) is 49.0 Å². The third kappa shape index (κ3) is 4.39. The molecule has 0 atom stereocenters. The second-order valence-electron chi connectivity index (χ2n) is 6.26. The van der Waals surface area contributed by atoms with Gasteiger partial charge in [-0.05, 0) is 46.6 Å². The van der Waals surface area contributed by atoms with Crippen LogP contribution in [0.15, 0.2) is 46.9 Å². The molecule has 0 saturated carbocycles. The summed E-state index contributed by atoms with van der Waals surface area (Å²) in [4.78, 5) is 27.3. The molecule has 0 spiro atoms. The highest BCUT2D eigenvalue weighted by molar-refractivity contribution is 9.10. The van der Waals surface area contributed by atoms with Crippen molar-refractivity contribution in [1.82, 2.24) is 4.90 Å². The van der Waals surface area contributed by atoms with E-state index in [0.717, 1.165) is 18.7 Å². The van der Waals surface area contributed by atoms with Crippen molar-refractivity contribution in [3.63, 3.8) is 0 Å². The van der Waals surface area contributed by atoms with Gasteiger partial charge >= 0.3 is 0 Å². The number of rotatable bonds is 4. The first kappa shape index (κ1) is 19.2. The first-order chi connectivity index (χ1) is 13.0. The fourth-order valence-electron chi connectivity index (χ4n) is 3.17. The summed E-state index contributed by atoms with van der Waals surface area (Å²) in [5, 5.41) is 10.9. The fourth-order valence-corrected chi connectivity index (χ4v) is 3.78. The number of carbonyl (C=O) groups excluding carboxylic acids is 1. The van der Waals surface area contributed by atoms with Crippen LogP contribution >= 0.6 is 15.9 Å². The van der Waals surface area contributed by atoms with Crippen LogP contribution < -0.4 is 9.64 Å². The Morgan fingerprint density at radius 1 is 1.15 bits per heavy atom. The SMILES string of the molecule is COc1cccc(C(=O)N2CCCN(c3ccc([N+](=O)[O-])cc3Br)CC2)c1. The predicted molar refractivity (Wildman–Crippen MR) is 107 cm³/mol. The maximum absolute atomic E-state index is 12.8. The molecule has 1 aliphatic heterocycles. The number of nitro benzene ring substituents is 1. The number of anilines is 1. The number of hydrogen-bond acceptors (Lipinski definition) is 5. The molecule has 0 unspecified atom stereocenters. The highest BCUT2D eigenvalue weighted by Crippen LogP contribution is 2.31. The van der Waals surface area contributed by atoms with Gasteiger partial charge in [0, 0.05) is 48.3 Å². The molecule has 3 rings (SSSR count). The van der Waals surface area contributed by atoms with Crippen molar-refractivity contribution in [2.24, 2.45) is 0 Å². The summed E-state index contributed by atoms with van der Waals surface area (Å²) in [6.45, 7) is 2.68. The molecule has 2 aromatic rings. The molecule has 2 aromatic carbocycles. The lowest BCUT2D eigenvalue weighted by molar-refractivity contribution is -0.384. The van der Waals surface area contributed by atoms with E-state index >= 15 is 0 Å². The van der Waals surface area contributed by atoms with Crippen LogP contribution in [-0.2, 0) is 0 Å². The molecule has 1 heterocycles. The van der Waals surface area contributed by atoms with E-state index in [1.807, 2.05) is 17.0 Å². The van der Waals surface area contributed by atoms with Crippen LogP contribution in [0.2, 0.25) is 0 Å². The van der Waals surface area contributed by atoms with E-state index in [4.69, 9.17) is 4.74 Å². The van der Waals surface area contributed by atoms with E-state index in [1.54, 1.807) is 25.3 Å². The first-order valence-electron chi connectivity index (χ1n) is 8.62. The molecule has 0 bridgehead atoms. The Morgan fingerprint density at radius 3 is 2.67 bits per heavy atom. The topological polar surface area (TPSA) is 75.9 Å². The highest BCUT2D eigenvalue weighted by atomic mass is 79.9. The number of ether oxygens (including phenoxy) is 1. The molecule has 1 aliphatic rings. The second kappa shape index (κ2) is 8.39. The van der Waals surface area contributed by atoms with E-state index in [0.29, 0.717) is 35.4 Å². The molecule has 0 aromatic heterocycles.